The lowest BCUT2D eigenvalue weighted by molar-refractivity contribution is -0.145. The number of amides is 1. The number of alkyl halides is 6. The predicted octanol–water partition coefficient (Wildman–Crippen LogP) is 5.52. The summed E-state index contributed by atoms with van der Waals surface area (Å²) in [6.45, 7) is 8.45. The van der Waals surface area contributed by atoms with Crippen LogP contribution in [-0.2, 0) is 30.1 Å². The highest BCUT2D eigenvalue weighted by molar-refractivity contribution is 5.70. The topological polar surface area (TPSA) is 61.8 Å². The van der Waals surface area contributed by atoms with Gasteiger partial charge in [0.05, 0.1) is 23.6 Å². The zero-order chi connectivity index (χ0) is 28.0. The van der Waals surface area contributed by atoms with E-state index in [0.29, 0.717) is 30.9 Å². The molecule has 0 bridgehead atoms. The Morgan fingerprint density at radius 1 is 0.921 bits per heavy atom. The number of aromatic nitrogens is 2. The van der Waals surface area contributed by atoms with Crippen molar-refractivity contribution in [2.75, 3.05) is 36.0 Å². The number of carbonyl (C=O) groups excluding carboxylic acids is 1. The molecule has 1 aromatic heterocycles. The van der Waals surface area contributed by atoms with Crippen molar-refractivity contribution in [1.82, 2.24) is 14.9 Å². The summed E-state index contributed by atoms with van der Waals surface area (Å²) in [5, 5.41) is 0. The fraction of sp³-hybridized carbons (Fsp3) is 0.560. The van der Waals surface area contributed by atoms with Crippen molar-refractivity contribution >= 4 is 17.5 Å². The summed E-state index contributed by atoms with van der Waals surface area (Å²) in [7, 11) is 0. The molecule has 7 nitrogen and oxygen atoms in total. The maximum Gasteiger partial charge on any atom is 0.451 e. The van der Waals surface area contributed by atoms with Gasteiger partial charge in [-0.05, 0) is 57.4 Å². The van der Waals surface area contributed by atoms with Crippen molar-refractivity contribution < 1.29 is 35.9 Å². The second-order valence-corrected chi connectivity index (χ2v) is 10.5. The van der Waals surface area contributed by atoms with Crippen LogP contribution in [0.25, 0.3) is 0 Å². The second-order valence-electron chi connectivity index (χ2n) is 10.5. The van der Waals surface area contributed by atoms with Gasteiger partial charge in [-0.3, -0.25) is 0 Å². The SMILES string of the molecule is C[C@@H]1CN(c2ccc(C(F)(F)F)c3c2CN(c2cnc(C(F)(F)F)nc2)CC3)CCN1C(=O)OC(C)(C)C. The lowest BCUT2D eigenvalue weighted by Gasteiger charge is -2.43. The Morgan fingerprint density at radius 3 is 2.13 bits per heavy atom. The minimum absolute atomic E-state index is 0.0456. The summed E-state index contributed by atoms with van der Waals surface area (Å²) in [4.78, 5) is 24.6. The maximum absolute atomic E-state index is 13.9. The Kier molecular flexibility index (Phi) is 7.17. The first-order valence-electron chi connectivity index (χ1n) is 12.2. The summed E-state index contributed by atoms with van der Waals surface area (Å²) in [5.41, 5.74) is 0.118. The molecule has 38 heavy (non-hydrogen) atoms. The molecule has 2 aromatic rings. The maximum atomic E-state index is 13.9. The van der Waals surface area contributed by atoms with E-state index in [0.717, 1.165) is 18.5 Å². The molecule has 1 amide bonds. The van der Waals surface area contributed by atoms with E-state index >= 15 is 0 Å². The van der Waals surface area contributed by atoms with Crippen molar-refractivity contribution in [3.63, 3.8) is 0 Å². The van der Waals surface area contributed by atoms with E-state index in [4.69, 9.17) is 4.74 Å². The van der Waals surface area contributed by atoms with Crippen molar-refractivity contribution in [3.05, 3.63) is 47.0 Å². The fourth-order valence-electron chi connectivity index (χ4n) is 4.84. The summed E-state index contributed by atoms with van der Waals surface area (Å²) in [6, 6.07) is 2.25. The molecule has 0 saturated carbocycles. The largest absolute Gasteiger partial charge is 0.451 e. The molecule has 1 aromatic carbocycles. The molecule has 13 heteroatoms. The van der Waals surface area contributed by atoms with Gasteiger partial charge in [0.2, 0.25) is 5.82 Å². The lowest BCUT2D eigenvalue weighted by Crippen LogP contribution is -2.55. The van der Waals surface area contributed by atoms with Crippen LogP contribution in [-0.4, -0.2) is 58.8 Å². The van der Waals surface area contributed by atoms with Gasteiger partial charge in [0.15, 0.2) is 0 Å². The number of halogens is 6. The first kappa shape index (κ1) is 27.8. The highest BCUT2D eigenvalue weighted by atomic mass is 19.4. The van der Waals surface area contributed by atoms with Gasteiger partial charge in [-0.1, -0.05) is 0 Å². The number of fused-ring (bicyclic) bond motifs is 1. The Labute approximate surface area is 216 Å². The van der Waals surface area contributed by atoms with Gasteiger partial charge in [-0.25, -0.2) is 14.8 Å². The van der Waals surface area contributed by atoms with Crippen LogP contribution in [0.5, 0.6) is 0 Å². The predicted molar refractivity (Wildman–Crippen MR) is 128 cm³/mol. The highest BCUT2D eigenvalue weighted by Crippen LogP contribution is 2.41. The van der Waals surface area contributed by atoms with E-state index in [-0.39, 0.29) is 36.8 Å². The van der Waals surface area contributed by atoms with Gasteiger partial charge in [0, 0.05) is 44.5 Å². The van der Waals surface area contributed by atoms with E-state index in [1.165, 1.54) is 6.07 Å². The number of rotatable bonds is 2. The third-order valence-electron chi connectivity index (χ3n) is 6.55. The van der Waals surface area contributed by atoms with Crippen molar-refractivity contribution in [3.8, 4) is 0 Å². The van der Waals surface area contributed by atoms with E-state index in [2.05, 4.69) is 9.97 Å². The fourth-order valence-corrected chi connectivity index (χ4v) is 4.84. The number of hydrogen-bond acceptors (Lipinski definition) is 6. The van der Waals surface area contributed by atoms with Gasteiger partial charge < -0.3 is 19.4 Å². The third kappa shape index (κ3) is 5.91. The molecule has 2 aliphatic heterocycles. The lowest BCUT2D eigenvalue weighted by atomic mass is 9.91. The zero-order valence-electron chi connectivity index (χ0n) is 21.4. The van der Waals surface area contributed by atoms with Crippen molar-refractivity contribution in [2.24, 2.45) is 0 Å². The number of benzene rings is 1. The average Bonchev–Trinajstić information content (AvgIpc) is 2.80. The molecule has 208 valence electrons. The molecule has 2 aliphatic rings. The van der Waals surface area contributed by atoms with Crippen LogP contribution < -0.4 is 9.80 Å². The van der Waals surface area contributed by atoms with Crippen LogP contribution in [0.4, 0.5) is 42.5 Å². The summed E-state index contributed by atoms with van der Waals surface area (Å²) < 4.78 is 85.7. The molecule has 0 aliphatic carbocycles. The van der Waals surface area contributed by atoms with E-state index in [1.807, 2.05) is 11.8 Å². The molecular weight excluding hydrogens is 516 g/mol. The minimum atomic E-state index is -4.69. The number of carbonyl (C=O) groups is 1. The first-order valence-corrected chi connectivity index (χ1v) is 12.2. The molecule has 1 fully saturated rings. The molecule has 0 N–H and O–H groups in total. The van der Waals surface area contributed by atoms with Crippen LogP contribution in [0.1, 0.15) is 50.2 Å². The normalized spacial score (nSPS) is 18.9. The number of ether oxygens (including phenoxy) is 1. The Balaban J connectivity index is 1.62. The van der Waals surface area contributed by atoms with Crippen LogP contribution >= 0.6 is 0 Å². The van der Waals surface area contributed by atoms with Crippen molar-refractivity contribution in [2.45, 2.75) is 64.7 Å². The standard InChI is InChI=1S/C25H29F6N5O2/c1-15-13-35(9-10-36(15)22(37)38-23(2,3)4)20-6-5-19(24(26,27)28)17-7-8-34(14-18(17)20)16-11-32-21(33-12-16)25(29,30)31/h5-6,11-12,15H,7-10,13-14H2,1-4H3/t15-/m1/s1. The summed E-state index contributed by atoms with van der Waals surface area (Å²) >= 11 is 0. The Morgan fingerprint density at radius 2 is 1.58 bits per heavy atom. The van der Waals surface area contributed by atoms with Crippen LogP contribution in [0, 0.1) is 0 Å². The number of hydrogen-bond donors (Lipinski definition) is 0. The summed E-state index contributed by atoms with van der Waals surface area (Å²) in [5.74, 6) is -1.28. The molecule has 0 unspecified atom stereocenters. The minimum Gasteiger partial charge on any atom is -0.444 e. The monoisotopic (exact) mass is 545 g/mol. The quantitative estimate of drug-likeness (QED) is 0.463. The zero-order valence-corrected chi connectivity index (χ0v) is 21.4. The molecule has 0 radical (unpaired) electrons. The third-order valence-corrected chi connectivity index (χ3v) is 6.55. The van der Waals surface area contributed by atoms with E-state index in [1.54, 1.807) is 30.6 Å². The first-order chi connectivity index (χ1) is 17.5. The van der Waals surface area contributed by atoms with Crippen LogP contribution in [0.15, 0.2) is 24.5 Å². The highest BCUT2D eigenvalue weighted by Gasteiger charge is 2.39. The van der Waals surface area contributed by atoms with Gasteiger partial charge in [-0.2, -0.15) is 26.3 Å². The van der Waals surface area contributed by atoms with Gasteiger partial charge in [-0.15, -0.1) is 0 Å². The van der Waals surface area contributed by atoms with Crippen LogP contribution in [0.2, 0.25) is 0 Å². The molecule has 1 atom stereocenters. The number of anilines is 2. The molecule has 0 spiro atoms. The van der Waals surface area contributed by atoms with Crippen molar-refractivity contribution in [1.29, 1.82) is 0 Å². The number of piperazine rings is 1. The Hall–Kier alpha value is -3.25. The molecular formula is C25H29F6N5O2. The van der Waals surface area contributed by atoms with E-state index < -0.39 is 35.4 Å². The summed E-state index contributed by atoms with van der Waals surface area (Å²) in [6.07, 6.45) is -7.57. The van der Waals surface area contributed by atoms with Gasteiger partial charge >= 0.3 is 18.4 Å². The average molecular weight is 546 g/mol. The van der Waals surface area contributed by atoms with Crippen LogP contribution in [0.3, 0.4) is 0 Å². The Bertz CT molecular complexity index is 1180. The molecule has 1 saturated heterocycles. The number of nitrogens with zero attached hydrogens (tertiary/aromatic N) is 5. The molecule has 3 heterocycles. The second kappa shape index (κ2) is 9.81. The molecule has 4 rings (SSSR count). The van der Waals surface area contributed by atoms with E-state index in [9.17, 15) is 31.1 Å². The van der Waals surface area contributed by atoms with Gasteiger partial charge in [0.1, 0.15) is 5.60 Å². The van der Waals surface area contributed by atoms with Gasteiger partial charge in [0.25, 0.3) is 0 Å². The smallest absolute Gasteiger partial charge is 0.444 e.